The van der Waals surface area contributed by atoms with Gasteiger partial charge in [0, 0.05) is 23.7 Å². The molecule has 9 aliphatic rings. The summed E-state index contributed by atoms with van der Waals surface area (Å²) >= 11 is 0. The van der Waals surface area contributed by atoms with Crippen LogP contribution in [0.25, 0.3) is 0 Å². The van der Waals surface area contributed by atoms with Gasteiger partial charge in [0.15, 0.2) is 24.7 Å². The summed E-state index contributed by atoms with van der Waals surface area (Å²) in [6.07, 6.45) is -18.3. The summed E-state index contributed by atoms with van der Waals surface area (Å²) in [6.45, 7) is 7.61. The van der Waals surface area contributed by atoms with Crippen molar-refractivity contribution in [2.45, 2.75) is 202 Å². The van der Waals surface area contributed by atoms with Crippen LogP contribution in [0.5, 0.6) is 0 Å². The zero-order valence-electron chi connectivity index (χ0n) is 37.3. The molecule has 0 bridgehead atoms. The molecule has 11 N–H and O–H groups in total. The molecule has 1 spiro atoms. The molecule has 0 aromatic heterocycles. The van der Waals surface area contributed by atoms with Crippen LogP contribution in [-0.2, 0) is 37.9 Å². The smallest absolute Gasteiger partial charge is 0.187 e. The first kappa shape index (κ1) is 48.3. The first-order chi connectivity index (χ1) is 30.4. The van der Waals surface area contributed by atoms with E-state index in [0.717, 1.165) is 38.5 Å². The summed E-state index contributed by atoms with van der Waals surface area (Å²) in [5.41, 5.74) is -0.404. The van der Waals surface area contributed by atoms with E-state index in [2.05, 4.69) is 27.7 Å². The van der Waals surface area contributed by atoms with Gasteiger partial charge >= 0.3 is 0 Å². The summed E-state index contributed by atoms with van der Waals surface area (Å²) in [5.74, 6) is 1.52. The van der Waals surface area contributed by atoms with E-state index in [0.29, 0.717) is 43.6 Å². The Kier molecular flexibility index (Phi) is 13.7. The Labute approximate surface area is 373 Å². The highest BCUT2D eigenvalue weighted by atomic mass is 16.8. The van der Waals surface area contributed by atoms with Crippen LogP contribution in [0, 0.1) is 52.3 Å². The summed E-state index contributed by atoms with van der Waals surface area (Å²) in [6, 6.07) is 0. The molecule has 5 heterocycles. The van der Waals surface area contributed by atoms with Gasteiger partial charge in [-0.2, -0.15) is 0 Å². The van der Waals surface area contributed by atoms with Crippen LogP contribution in [0.1, 0.15) is 85.5 Å². The lowest BCUT2D eigenvalue weighted by Crippen LogP contribution is -2.67. The first-order valence-corrected chi connectivity index (χ1v) is 23.9. The van der Waals surface area contributed by atoms with Crippen molar-refractivity contribution in [2.24, 2.45) is 52.3 Å². The first-order valence-electron chi connectivity index (χ1n) is 23.9. The van der Waals surface area contributed by atoms with Gasteiger partial charge in [0.05, 0.1) is 44.7 Å². The average Bonchev–Trinajstić information content (AvgIpc) is 3.73. The number of aliphatic hydroxyl groups is 11. The van der Waals surface area contributed by atoms with E-state index in [4.69, 9.17) is 37.9 Å². The number of ether oxygens (including phenoxy) is 8. The number of rotatable bonds is 9. The highest BCUT2D eigenvalue weighted by Gasteiger charge is 2.72. The predicted octanol–water partition coefficient (Wildman–Crippen LogP) is -1.76. The molecule has 64 heavy (non-hydrogen) atoms. The Balaban J connectivity index is 0.936. The van der Waals surface area contributed by atoms with Gasteiger partial charge in [0.1, 0.15) is 73.2 Å². The standard InChI is InChI=1S/C45H74O19/c1-18-7-10-45(57-17-18)19(2)30-25(64-45)12-24-22-6-5-20-11-21(8-9-43(20,3)23(22)13-29(49)44(24,30)4)58-42-39(63-41-37(56)35(54)32(51)27(15-47)60-41)38(33(52)28(16-48)61-42)62-40-36(55)34(53)31(50)26(14-46)59-40/h18-42,46-56H,5-17H2,1-4H3/t18-,19+,20-,21+,22+,23+,24+,25+,26-,27-,28-,29-,30+,31-,32-,33-,34+,35+,36-,37-,38+,39-,40+,41+,42-,43+,44-,45-/m1/s1. The highest BCUT2D eigenvalue weighted by Crippen LogP contribution is 2.71. The molecule has 0 aromatic rings. The van der Waals surface area contributed by atoms with Crippen molar-refractivity contribution in [3.63, 3.8) is 0 Å². The van der Waals surface area contributed by atoms with E-state index in [9.17, 15) is 56.2 Å². The topological polar surface area (TPSA) is 296 Å². The van der Waals surface area contributed by atoms with Gasteiger partial charge < -0.3 is 94.1 Å². The fraction of sp³-hybridized carbons (Fsp3) is 1.00. The second-order valence-corrected chi connectivity index (χ2v) is 21.6. The maximum atomic E-state index is 12.3. The van der Waals surface area contributed by atoms with Crippen LogP contribution in [0.4, 0.5) is 0 Å². The molecule has 0 aromatic carbocycles. The van der Waals surface area contributed by atoms with E-state index >= 15 is 0 Å². The van der Waals surface area contributed by atoms with Crippen LogP contribution in [0.15, 0.2) is 0 Å². The Morgan fingerprint density at radius 3 is 1.77 bits per heavy atom. The van der Waals surface area contributed by atoms with Crippen LogP contribution in [-0.4, -0.2) is 199 Å². The third kappa shape index (κ3) is 7.76. The second kappa shape index (κ2) is 18.2. The molecule has 4 aliphatic carbocycles. The van der Waals surface area contributed by atoms with Crippen molar-refractivity contribution in [3.8, 4) is 0 Å². The fourth-order valence-electron chi connectivity index (χ4n) is 14.6. The minimum Gasteiger partial charge on any atom is -0.394 e. The van der Waals surface area contributed by atoms with E-state index in [1.54, 1.807) is 0 Å². The van der Waals surface area contributed by atoms with Crippen LogP contribution in [0.3, 0.4) is 0 Å². The van der Waals surface area contributed by atoms with Gasteiger partial charge in [-0.3, -0.25) is 0 Å². The van der Waals surface area contributed by atoms with Crippen LogP contribution < -0.4 is 0 Å². The molecule has 19 nitrogen and oxygen atoms in total. The average molecular weight is 919 g/mol. The summed E-state index contributed by atoms with van der Waals surface area (Å²) < 4.78 is 49.9. The molecule has 368 valence electrons. The molecule has 28 atom stereocenters. The second-order valence-electron chi connectivity index (χ2n) is 21.6. The van der Waals surface area contributed by atoms with E-state index in [1.807, 2.05) is 0 Å². The normalized spacial score (nSPS) is 58.6. The number of aliphatic hydroxyl groups excluding tert-OH is 11. The van der Waals surface area contributed by atoms with Gasteiger partial charge in [-0.1, -0.05) is 27.7 Å². The van der Waals surface area contributed by atoms with E-state index < -0.39 is 130 Å². The number of hydrogen-bond acceptors (Lipinski definition) is 19. The van der Waals surface area contributed by atoms with Gasteiger partial charge in [-0.05, 0) is 86.4 Å². The zero-order chi connectivity index (χ0) is 45.8. The predicted molar refractivity (Wildman–Crippen MR) is 217 cm³/mol. The van der Waals surface area contributed by atoms with Crippen molar-refractivity contribution >= 4 is 0 Å². The lowest BCUT2D eigenvalue weighted by atomic mass is 9.43. The SMILES string of the molecule is C[C@@H]1CC[C@@]2(OC1)O[C@H]1C[C@H]3[C@H]4CC[C@@H]5C[C@@H](O[C@@H]6O[C@H](CO)[C@@H](O)[C@H](O[C@@H]7O[C@H](CO)[C@@H](O)[C@H](O)[C@H]7O)[C@H]6O[C@@H]6O[C@H](CO)[C@@H](O)[C@H](O)[C@H]6O)CC[C@]5(C)[C@H]4C[C@@H](O)[C@]3(C)[C@H]1[C@@H]2C. The lowest BCUT2D eigenvalue weighted by Gasteiger charge is -2.62. The quantitative estimate of drug-likeness (QED) is 0.114. The lowest BCUT2D eigenvalue weighted by molar-refractivity contribution is -0.396. The van der Waals surface area contributed by atoms with Gasteiger partial charge in [0.25, 0.3) is 0 Å². The third-order valence-electron chi connectivity index (χ3n) is 18.4. The third-order valence-corrected chi connectivity index (χ3v) is 18.4. The summed E-state index contributed by atoms with van der Waals surface area (Å²) in [5, 5.41) is 118. The minimum absolute atomic E-state index is 0.0462. The van der Waals surface area contributed by atoms with Crippen LogP contribution >= 0.6 is 0 Å². The van der Waals surface area contributed by atoms with Crippen molar-refractivity contribution in [1.29, 1.82) is 0 Å². The summed E-state index contributed by atoms with van der Waals surface area (Å²) in [7, 11) is 0. The Morgan fingerprint density at radius 1 is 0.578 bits per heavy atom. The van der Waals surface area contributed by atoms with Crippen molar-refractivity contribution in [3.05, 3.63) is 0 Å². The van der Waals surface area contributed by atoms with Gasteiger partial charge in [-0.15, -0.1) is 0 Å². The maximum absolute atomic E-state index is 12.3. The minimum atomic E-state index is -1.89. The molecular weight excluding hydrogens is 844 g/mol. The fourth-order valence-corrected chi connectivity index (χ4v) is 14.6. The molecular formula is C45H74O19. The number of hydrogen-bond donors (Lipinski definition) is 11. The van der Waals surface area contributed by atoms with E-state index in [-0.39, 0.29) is 40.6 Å². The van der Waals surface area contributed by atoms with Gasteiger partial charge in [-0.25, -0.2) is 0 Å². The molecule has 0 radical (unpaired) electrons. The Morgan fingerprint density at radius 2 is 1.17 bits per heavy atom. The Hall–Kier alpha value is -0.760. The van der Waals surface area contributed by atoms with Crippen LogP contribution in [0.2, 0.25) is 0 Å². The monoisotopic (exact) mass is 918 g/mol. The molecule has 0 unspecified atom stereocenters. The molecule has 5 saturated heterocycles. The summed E-state index contributed by atoms with van der Waals surface area (Å²) in [4.78, 5) is 0. The zero-order valence-corrected chi connectivity index (χ0v) is 37.3. The van der Waals surface area contributed by atoms with Gasteiger partial charge in [0.2, 0.25) is 0 Å². The molecule has 9 rings (SSSR count). The van der Waals surface area contributed by atoms with Crippen molar-refractivity contribution in [2.75, 3.05) is 26.4 Å². The van der Waals surface area contributed by atoms with Crippen molar-refractivity contribution in [1.82, 2.24) is 0 Å². The largest absolute Gasteiger partial charge is 0.394 e. The molecule has 9 fully saturated rings. The number of fused-ring (bicyclic) bond motifs is 7. The van der Waals surface area contributed by atoms with Crippen molar-refractivity contribution < 1.29 is 94.1 Å². The maximum Gasteiger partial charge on any atom is 0.187 e. The molecule has 19 heteroatoms. The van der Waals surface area contributed by atoms with E-state index in [1.165, 1.54) is 0 Å². The highest BCUT2D eigenvalue weighted by molar-refractivity contribution is 5.18. The molecule has 4 saturated carbocycles. The molecule has 0 amide bonds. The molecule has 5 aliphatic heterocycles. The Bertz CT molecular complexity index is 1600.